The maximum atomic E-state index is 2.48. The minimum absolute atomic E-state index is 1.02. The maximum Gasteiger partial charge on any atom is -0.00390 e. The highest BCUT2D eigenvalue weighted by molar-refractivity contribution is 8.00. The Balaban J connectivity index is 0.577. The van der Waals surface area contributed by atoms with Crippen molar-refractivity contribution in [1.29, 1.82) is 0 Å². The molecule has 0 radical (unpaired) electrons. The maximum absolute atomic E-state index is 2.48. The van der Waals surface area contributed by atoms with Crippen molar-refractivity contribution in [2.24, 2.45) is 213 Å². The van der Waals surface area contributed by atoms with Crippen molar-refractivity contribution < 1.29 is 0 Å². The lowest BCUT2D eigenvalue weighted by molar-refractivity contribution is 0.0346. The summed E-state index contributed by atoms with van der Waals surface area (Å²) in [5.41, 5.74) is 0. The van der Waals surface area contributed by atoms with Crippen LogP contribution in [0, 0.1) is 213 Å². The molecule has 0 spiro atoms. The van der Waals surface area contributed by atoms with E-state index in [2.05, 4.69) is 70.6 Å². The van der Waals surface area contributed by atoms with E-state index in [1.54, 1.807) is 385 Å². The largest absolute Gasteiger partial charge is 0.161 e. The zero-order valence-corrected chi connectivity index (χ0v) is 79.0. The molecule has 16 saturated carbocycles. The molecule has 0 aromatic heterocycles. The molecule has 68 fully saturated rings. The highest BCUT2D eigenvalue weighted by Gasteiger charge is 2.49. The molecule has 114 heavy (non-hydrogen) atoms. The monoisotopic (exact) mass is 1670 g/mol. The van der Waals surface area contributed by atoms with Gasteiger partial charge >= 0.3 is 0 Å². The van der Waals surface area contributed by atoms with Gasteiger partial charge in [0.05, 0.1) is 0 Å². The molecule has 16 aliphatic carbocycles. The van der Waals surface area contributed by atoms with Crippen LogP contribution < -0.4 is 0 Å². The van der Waals surface area contributed by atoms with Gasteiger partial charge in [-0.25, -0.2) is 0 Å². The van der Waals surface area contributed by atoms with E-state index in [4.69, 9.17) is 0 Å². The summed E-state index contributed by atoms with van der Waals surface area (Å²) < 4.78 is 0. The van der Waals surface area contributed by atoms with Crippen molar-refractivity contribution in [2.75, 3.05) is 69.0 Å². The Bertz CT molecular complexity index is 2060. The quantitative estimate of drug-likeness (QED) is 0.235. The lowest BCUT2D eigenvalue weighted by atomic mass is 9.58. The number of rotatable bonds is 0. The van der Waals surface area contributed by atoms with Crippen LogP contribution in [-0.4, -0.2) is 69.0 Å². The molecular formula is C108H180S6. The first kappa shape index (κ1) is 85.5. The summed E-state index contributed by atoms with van der Waals surface area (Å²) in [6, 6.07) is 0. The lowest BCUT2D eigenvalue weighted by Crippen LogP contribution is -2.38. The standard InChI is InChI=1S/C108H180S6/c1-25-85-26-2-73(1)61-109-62-74-3-27-88(28-4-74)100-52-101-54-102(53-100)90-35-11-80(12-36-90)68-113-70-82-19-43-94(44-20-82)106-56-104-58-108(60-106)96-47-23-84(24-48-96)72-114-71-83-21-45-95(46-22-83)107-57-103(55-105(59-107)93-41-17-81(18-42-93)69-112-67-79-9-33-89(101)34-10-79)91-37-13-77(14-38-91)65-110-63-75-5-29-86(30-6-75)98-49-97(85)50-99(51-98)87-31-7-76(8-32-87)64-111-66-78-15-39-92(104)40-16-78/h73-108H,1-72H2. The molecule has 0 unspecified atom stereocenters. The average Bonchev–Trinajstić information content (AvgIpc) is 0.811. The van der Waals surface area contributed by atoms with Crippen molar-refractivity contribution >= 4 is 70.6 Å². The highest BCUT2D eigenvalue weighted by Crippen LogP contribution is 2.60. The van der Waals surface area contributed by atoms with Crippen LogP contribution in [0.5, 0.6) is 0 Å². The first-order valence-corrected chi connectivity index (χ1v) is 60.7. The Morgan fingerprint density at radius 2 is 0.149 bits per heavy atom. The van der Waals surface area contributed by atoms with Gasteiger partial charge in [-0.3, -0.25) is 0 Å². The number of hydrogen-bond donors (Lipinski definition) is 0. The minimum atomic E-state index is 1.02. The van der Waals surface area contributed by atoms with Gasteiger partial charge in [0.1, 0.15) is 0 Å². The molecule has 648 valence electrons. The van der Waals surface area contributed by atoms with Gasteiger partial charge in [0.25, 0.3) is 0 Å². The van der Waals surface area contributed by atoms with Crippen molar-refractivity contribution in [1.82, 2.24) is 0 Å². The normalized spacial score (nSPS) is 50.5. The predicted molar refractivity (Wildman–Crippen MR) is 507 cm³/mol. The summed E-state index contributed by atoms with van der Waals surface area (Å²) in [5, 5.41) is 0. The number of hydrogen-bond acceptors (Lipinski definition) is 6. The molecule has 52 heterocycles. The summed E-state index contributed by atoms with van der Waals surface area (Å²) in [6.45, 7) is 0. The van der Waals surface area contributed by atoms with E-state index in [1.165, 1.54) is 69.0 Å². The van der Waals surface area contributed by atoms with E-state index in [0.717, 1.165) is 213 Å². The van der Waals surface area contributed by atoms with Crippen molar-refractivity contribution in [3.63, 3.8) is 0 Å². The van der Waals surface area contributed by atoms with Crippen LogP contribution in [0.2, 0.25) is 0 Å². The summed E-state index contributed by atoms with van der Waals surface area (Å²) in [5.74, 6) is 55.8. The molecule has 68 rings (SSSR count). The van der Waals surface area contributed by atoms with E-state index < -0.39 is 0 Å². The zero-order valence-electron chi connectivity index (χ0n) is 74.1. The molecule has 68 aliphatic rings. The van der Waals surface area contributed by atoms with Crippen LogP contribution in [0.25, 0.3) is 0 Å². The SMILES string of the molecule is C1CC2CCC1CSCC1CCC(CC1)C1CC3CC(C1)C1CCC(CC1)CSCC1CCC(CC1)C1CC4CC(C1)C1CCC(CC1)CSCC1CCC(CC1)C1CC(CC(C1)C1CCC(CC1)CSCC1CCC3CC1)C1CCC(CC1)CSCC1CCC(CC1)C1CC2CC(C1)C1CCC(CC1)CSCC1CCC4CC1. The molecule has 52 aliphatic heterocycles. The van der Waals surface area contributed by atoms with Crippen LogP contribution in [0.4, 0.5) is 0 Å². The van der Waals surface area contributed by atoms with Crippen LogP contribution in [0.1, 0.15) is 385 Å². The molecule has 0 nitrogen and oxygen atoms in total. The average molecular weight is 1670 g/mol. The second-order valence-electron chi connectivity index (χ2n) is 48.5. The first-order valence-electron chi connectivity index (χ1n) is 53.8. The Hall–Kier alpha value is 2.10. The summed E-state index contributed by atoms with van der Waals surface area (Å²) in [7, 11) is 0. The van der Waals surface area contributed by atoms with Crippen molar-refractivity contribution in [3.05, 3.63) is 0 Å². The van der Waals surface area contributed by atoms with Crippen molar-refractivity contribution in [2.45, 2.75) is 385 Å². The second-order valence-corrected chi connectivity index (χ2v) is 55.0. The molecule has 36 bridgehead atoms. The van der Waals surface area contributed by atoms with E-state index in [1.807, 2.05) is 0 Å². The van der Waals surface area contributed by atoms with Crippen LogP contribution in [0.3, 0.4) is 0 Å². The summed E-state index contributed by atoms with van der Waals surface area (Å²) in [6.07, 6.45) is 96.4. The molecule has 52 saturated heterocycles. The van der Waals surface area contributed by atoms with E-state index in [0.29, 0.717) is 0 Å². The summed E-state index contributed by atoms with van der Waals surface area (Å²) in [4.78, 5) is 0. The van der Waals surface area contributed by atoms with Gasteiger partial charge in [-0.05, 0) is 667 Å². The Kier molecular flexibility index (Phi) is 31.8. The van der Waals surface area contributed by atoms with E-state index in [9.17, 15) is 0 Å². The van der Waals surface area contributed by atoms with Gasteiger partial charge in [-0.15, -0.1) is 0 Å². The van der Waals surface area contributed by atoms with E-state index in [-0.39, 0.29) is 0 Å². The smallest absolute Gasteiger partial charge is 0.00390 e. The van der Waals surface area contributed by atoms with Gasteiger partial charge in [0, 0.05) is 0 Å². The Morgan fingerprint density at radius 3 is 0.219 bits per heavy atom. The third kappa shape index (κ3) is 22.6. The highest BCUT2D eigenvalue weighted by atomic mass is 32.2. The van der Waals surface area contributed by atoms with Gasteiger partial charge in [0.2, 0.25) is 0 Å². The van der Waals surface area contributed by atoms with Gasteiger partial charge in [-0.1, -0.05) is 0 Å². The van der Waals surface area contributed by atoms with Gasteiger partial charge < -0.3 is 0 Å². The van der Waals surface area contributed by atoms with Crippen LogP contribution in [-0.2, 0) is 0 Å². The first-order chi connectivity index (χ1) is 56.3. The van der Waals surface area contributed by atoms with E-state index >= 15 is 0 Å². The second kappa shape index (κ2) is 42.4. The molecule has 0 amide bonds. The molecule has 0 N–H and O–H groups in total. The third-order valence-electron chi connectivity index (χ3n) is 42.2. The fourth-order valence-corrected chi connectivity index (χ4v) is 43.6. The predicted octanol–water partition coefficient (Wildman–Crippen LogP) is 32.2. The fraction of sp³-hybridized carbons (Fsp3) is 1.00. The van der Waals surface area contributed by atoms with Gasteiger partial charge in [0.15, 0.2) is 0 Å². The minimum Gasteiger partial charge on any atom is -0.161 e. The molecule has 0 aromatic carbocycles. The molecular weight excluding hydrogens is 1490 g/mol. The Morgan fingerprint density at radius 1 is 0.0789 bits per heavy atom. The van der Waals surface area contributed by atoms with Crippen molar-refractivity contribution in [3.8, 4) is 0 Å². The fourth-order valence-electron chi connectivity index (χ4n) is 34.8. The molecule has 0 aromatic rings. The molecule has 6 heteroatoms. The zero-order chi connectivity index (χ0) is 75.9. The van der Waals surface area contributed by atoms with Crippen LogP contribution in [0.15, 0.2) is 0 Å². The summed E-state index contributed by atoms with van der Waals surface area (Å²) >= 11 is 14.9. The topological polar surface area (TPSA) is 0 Å². The van der Waals surface area contributed by atoms with Crippen LogP contribution >= 0.6 is 70.6 Å². The lowest BCUT2D eigenvalue weighted by Gasteiger charge is -2.48. The Labute approximate surface area is 731 Å². The van der Waals surface area contributed by atoms with Gasteiger partial charge in [-0.2, -0.15) is 70.6 Å². The third-order valence-corrected chi connectivity index (χ3v) is 50.7. The number of thioether (sulfide) groups is 6. The molecule has 0 atom stereocenters.